The first-order valence-corrected chi connectivity index (χ1v) is 7.99. The molecule has 26 heavy (non-hydrogen) atoms. The van der Waals surface area contributed by atoms with E-state index in [-0.39, 0.29) is 18.6 Å². The number of rotatable bonds is 4. The van der Waals surface area contributed by atoms with Gasteiger partial charge in [-0.05, 0) is 30.7 Å². The van der Waals surface area contributed by atoms with Crippen LogP contribution in [-0.2, 0) is 12.7 Å². The number of benzene rings is 2. The third kappa shape index (κ3) is 3.79. The van der Waals surface area contributed by atoms with Gasteiger partial charge in [0, 0.05) is 18.8 Å². The Morgan fingerprint density at radius 2 is 1.81 bits per heavy atom. The molecule has 0 saturated carbocycles. The van der Waals surface area contributed by atoms with Crippen molar-refractivity contribution in [1.82, 2.24) is 14.9 Å². The summed E-state index contributed by atoms with van der Waals surface area (Å²) >= 11 is 0. The number of fused-ring (bicyclic) bond motifs is 1. The highest BCUT2D eigenvalue weighted by Crippen LogP contribution is 2.31. The van der Waals surface area contributed by atoms with Gasteiger partial charge in [0.1, 0.15) is 0 Å². The summed E-state index contributed by atoms with van der Waals surface area (Å²) in [5, 5.41) is 5.25. The zero-order valence-electron chi connectivity index (χ0n) is 14.0. The summed E-state index contributed by atoms with van der Waals surface area (Å²) in [5.74, 6) is -0.972. The molecule has 3 rings (SSSR count). The molecule has 3 aromatic rings. The predicted octanol–water partition coefficient (Wildman–Crippen LogP) is 4.19. The quantitative estimate of drug-likeness (QED) is 0.731. The van der Waals surface area contributed by atoms with E-state index in [1.54, 1.807) is 30.3 Å². The highest BCUT2D eigenvalue weighted by atomic mass is 19.4. The number of alkyl halides is 3. The Labute approximate surface area is 147 Å². The van der Waals surface area contributed by atoms with Crippen LogP contribution in [0, 0.1) is 6.92 Å². The highest BCUT2D eigenvalue weighted by Gasteiger charge is 2.37. The van der Waals surface area contributed by atoms with Crippen molar-refractivity contribution in [3.8, 4) is 0 Å². The summed E-state index contributed by atoms with van der Waals surface area (Å²) in [6, 6.07) is 13.1. The fraction of sp³-hybridized carbons (Fsp3) is 0.222. The number of aromatic nitrogens is 2. The number of para-hydroxylation sites is 3. The number of carbonyl (C=O) groups is 1. The number of halogens is 3. The fourth-order valence-corrected chi connectivity index (χ4v) is 2.68. The summed E-state index contributed by atoms with van der Waals surface area (Å²) in [7, 11) is 0. The maximum atomic E-state index is 13.2. The second-order valence-corrected chi connectivity index (χ2v) is 5.77. The second kappa shape index (κ2) is 7.07. The predicted molar refractivity (Wildman–Crippen MR) is 92.9 cm³/mol. The minimum atomic E-state index is -4.57. The third-order valence-electron chi connectivity index (χ3n) is 3.92. The molecule has 0 spiro atoms. The van der Waals surface area contributed by atoms with Crippen LogP contribution in [0.15, 0.2) is 48.5 Å². The van der Waals surface area contributed by atoms with Gasteiger partial charge >= 0.3 is 12.2 Å². The topological polar surface area (TPSA) is 59.0 Å². The largest absolute Gasteiger partial charge is 0.449 e. The van der Waals surface area contributed by atoms with Gasteiger partial charge in [-0.3, -0.25) is 0 Å². The molecular weight excluding hydrogens is 345 g/mol. The van der Waals surface area contributed by atoms with Crippen LogP contribution < -0.4 is 10.6 Å². The monoisotopic (exact) mass is 362 g/mol. The number of hydrogen-bond acceptors (Lipinski definition) is 2. The van der Waals surface area contributed by atoms with Crippen molar-refractivity contribution in [3.63, 3.8) is 0 Å². The SMILES string of the molecule is Cc1ccccc1NC(=O)NCCn1c(C(F)(F)F)nc2ccccc21. The molecule has 0 radical (unpaired) electrons. The van der Waals surface area contributed by atoms with E-state index >= 15 is 0 Å². The standard InChI is InChI=1S/C18H17F3N4O/c1-12-6-2-3-7-13(12)24-17(26)22-10-11-25-15-9-5-4-8-14(15)23-16(25)18(19,20)21/h2-9H,10-11H2,1H3,(H2,22,24,26). The van der Waals surface area contributed by atoms with Crippen molar-refractivity contribution in [2.24, 2.45) is 0 Å². The van der Waals surface area contributed by atoms with E-state index < -0.39 is 18.0 Å². The molecule has 1 heterocycles. The van der Waals surface area contributed by atoms with Gasteiger partial charge in [0.05, 0.1) is 11.0 Å². The van der Waals surface area contributed by atoms with Crippen molar-refractivity contribution < 1.29 is 18.0 Å². The molecule has 0 fully saturated rings. The summed E-state index contributed by atoms with van der Waals surface area (Å²) in [6.45, 7) is 1.83. The first-order chi connectivity index (χ1) is 12.4. The van der Waals surface area contributed by atoms with Crippen LogP contribution in [-0.4, -0.2) is 22.1 Å². The number of carbonyl (C=O) groups excluding carboxylic acids is 1. The first-order valence-electron chi connectivity index (χ1n) is 7.99. The molecule has 2 amide bonds. The van der Waals surface area contributed by atoms with Gasteiger partial charge in [-0.2, -0.15) is 13.2 Å². The third-order valence-corrected chi connectivity index (χ3v) is 3.92. The van der Waals surface area contributed by atoms with E-state index in [1.807, 2.05) is 19.1 Å². The number of anilines is 1. The van der Waals surface area contributed by atoms with Crippen LogP contribution in [0.5, 0.6) is 0 Å². The van der Waals surface area contributed by atoms with E-state index in [1.165, 1.54) is 6.07 Å². The molecule has 0 bridgehead atoms. The number of nitrogens with one attached hydrogen (secondary N) is 2. The van der Waals surface area contributed by atoms with E-state index in [0.29, 0.717) is 11.2 Å². The van der Waals surface area contributed by atoms with Crippen LogP contribution in [0.25, 0.3) is 11.0 Å². The molecular formula is C18H17F3N4O. The summed E-state index contributed by atoms with van der Waals surface area (Å²) in [4.78, 5) is 15.6. The smallest absolute Gasteiger partial charge is 0.336 e. The Morgan fingerprint density at radius 1 is 1.12 bits per heavy atom. The molecule has 0 unspecified atom stereocenters. The Morgan fingerprint density at radius 3 is 2.54 bits per heavy atom. The molecule has 2 N–H and O–H groups in total. The number of nitrogens with zero attached hydrogens (tertiary/aromatic N) is 2. The number of amides is 2. The average Bonchev–Trinajstić information content (AvgIpc) is 2.96. The van der Waals surface area contributed by atoms with Gasteiger partial charge in [-0.25, -0.2) is 9.78 Å². The molecule has 0 aliphatic carbocycles. The van der Waals surface area contributed by atoms with Crippen LogP contribution in [0.2, 0.25) is 0 Å². The minimum absolute atomic E-state index is 0.0289. The maximum absolute atomic E-state index is 13.2. The van der Waals surface area contributed by atoms with Crippen LogP contribution in [0.4, 0.5) is 23.7 Å². The number of hydrogen-bond donors (Lipinski definition) is 2. The lowest BCUT2D eigenvalue weighted by Crippen LogP contribution is -2.32. The van der Waals surface area contributed by atoms with Crippen LogP contribution in [0.3, 0.4) is 0 Å². The lowest BCUT2D eigenvalue weighted by molar-refractivity contribution is -0.146. The molecule has 0 atom stereocenters. The normalized spacial score (nSPS) is 11.5. The summed E-state index contributed by atoms with van der Waals surface area (Å²) < 4.78 is 40.7. The van der Waals surface area contributed by atoms with Gasteiger partial charge in [0.15, 0.2) is 0 Å². The van der Waals surface area contributed by atoms with E-state index in [9.17, 15) is 18.0 Å². The fourth-order valence-electron chi connectivity index (χ4n) is 2.68. The molecule has 0 aliphatic heterocycles. The number of aryl methyl sites for hydroxylation is 1. The molecule has 5 nitrogen and oxygen atoms in total. The average molecular weight is 362 g/mol. The zero-order valence-corrected chi connectivity index (χ0v) is 14.0. The van der Waals surface area contributed by atoms with Gasteiger partial charge in [-0.15, -0.1) is 0 Å². The lowest BCUT2D eigenvalue weighted by atomic mass is 10.2. The van der Waals surface area contributed by atoms with Crippen molar-refractivity contribution in [3.05, 3.63) is 59.9 Å². The summed E-state index contributed by atoms with van der Waals surface area (Å²) in [5.41, 5.74) is 2.18. The van der Waals surface area contributed by atoms with E-state index in [2.05, 4.69) is 15.6 Å². The van der Waals surface area contributed by atoms with E-state index in [0.717, 1.165) is 10.1 Å². The lowest BCUT2D eigenvalue weighted by Gasteiger charge is -2.13. The van der Waals surface area contributed by atoms with Crippen LogP contribution in [0.1, 0.15) is 11.4 Å². The van der Waals surface area contributed by atoms with Crippen molar-refractivity contribution in [2.45, 2.75) is 19.6 Å². The molecule has 1 aromatic heterocycles. The Hall–Kier alpha value is -3.03. The van der Waals surface area contributed by atoms with E-state index in [4.69, 9.17) is 0 Å². The number of imidazole rings is 1. The summed E-state index contributed by atoms with van der Waals surface area (Å²) in [6.07, 6.45) is -4.57. The first kappa shape index (κ1) is 17.8. The molecule has 8 heteroatoms. The second-order valence-electron chi connectivity index (χ2n) is 5.77. The van der Waals surface area contributed by atoms with Gasteiger partial charge in [0.25, 0.3) is 0 Å². The van der Waals surface area contributed by atoms with Crippen LogP contribution >= 0.6 is 0 Å². The molecule has 136 valence electrons. The molecule has 2 aromatic carbocycles. The Kier molecular flexibility index (Phi) is 4.83. The number of urea groups is 1. The Balaban J connectivity index is 1.70. The molecule has 0 saturated heterocycles. The minimum Gasteiger partial charge on any atom is -0.336 e. The van der Waals surface area contributed by atoms with Crippen molar-refractivity contribution in [2.75, 3.05) is 11.9 Å². The van der Waals surface area contributed by atoms with Gasteiger partial charge in [-0.1, -0.05) is 30.3 Å². The van der Waals surface area contributed by atoms with Gasteiger partial charge in [0.2, 0.25) is 5.82 Å². The van der Waals surface area contributed by atoms with Gasteiger partial charge < -0.3 is 15.2 Å². The van der Waals surface area contributed by atoms with Crippen molar-refractivity contribution >= 4 is 22.8 Å². The highest BCUT2D eigenvalue weighted by molar-refractivity contribution is 5.90. The molecule has 0 aliphatic rings. The zero-order chi connectivity index (χ0) is 18.7. The maximum Gasteiger partial charge on any atom is 0.449 e. The Bertz CT molecular complexity index is 934. The van der Waals surface area contributed by atoms with Crippen molar-refractivity contribution in [1.29, 1.82) is 0 Å².